The Morgan fingerprint density at radius 2 is 2.05 bits per heavy atom. The molecule has 1 aromatic carbocycles. The fraction of sp³-hybridized carbons (Fsp3) is 0.462. The van der Waals surface area contributed by atoms with Gasteiger partial charge in [-0.3, -0.25) is 0 Å². The Kier molecular flexibility index (Phi) is 5.95. The fourth-order valence-corrected chi connectivity index (χ4v) is 3.07. The molecule has 0 aliphatic heterocycles. The summed E-state index contributed by atoms with van der Waals surface area (Å²) in [5, 5.41) is 17.4. The highest BCUT2D eigenvalue weighted by molar-refractivity contribution is 7.89. The maximum absolute atomic E-state index is 12.3. The first kappa shape index (κ1) is 16.4. The Bertz CT molecular complexity index is 593. The summed E-state index contributed by atoms with van der Waals surface area (Å²) in [6.07, 6.45) is 2.10. The van der Waals surface area contributed by atoms with Crippen molar-refractivity contribution in [2.75, 3.05) is 25.9 Å². The van der Waals surface area contributed by atoms with E-state index in [9.17, 15) is 8.42 Å². The van der Waals surface area contributed by atoms with Crippen LogP contribution < -0.4 is 5.73 Å². The average Bonchev–Trinajstić information content (AvgIpc) is 2.42. The first-order valence-electron chi connectivity index (χ1n) is 6.30. The molecular formula is C13H19N3O3S. The van der Waals surface area contributed by atoms with Crippen LogP contribution in [0.2, 0.25) is 0 Å². The van der Waals surface area contributed by atoms with Gasteiger partial charge in [0.25, 0.3) is 0 Å². The number of aliphatic hydroxyl groups is 1. The van der Waals surface area contributed by atoms with Crippen LogP contribution in [0, 0.1) is 11.3 Å². The second kappa shape index (κ2) is 7.24. The molecule has 0 fully saturated rings. The van der Waals surface area contributed by atoms with E-state index in [0.29, 0.717) is 24.9 Å². The fourth-order valence-electron chi connectivity index (χ4n) is 1.76. The van der Waals surface area contributed by atoms with E-state index in [-0.39, 0.29) is 17.2 Å². The van der Waals surface area contributed by atoms with Gasteiger partial charge in [-0.15, -0.1) is 0 Å². The van der Waals surface area contributed by atoms with Gasteiger partial charge in [0, 0.05) is 20.2 Å². The van der Waals surface area contributed by atoms with Gasteiger partial charge in [-0.2, -0.15) is 5.26 Å². The van der Waals surface area contributed by atoms with E-state index < -0.39 is 10.0 Å². The lowest BCUT2D eigenvalue weighted by molar-refractivity contribution is 0.281. The summed E-state index contributed by atoms with van der Waals surface area (Å²) in [5.74, 6) is 0. The van der Waals surface area contributed by atoms with Crippen molar-refractivity contribution in [3.05, 3.63) is 23.8 Å². The minimum Gasteiger partial charge on any atom is -0.398 e. The maximum Gasteiger partial charge on any atom is 0.244 e. The summed E-state index contributed by atoms with van der Waals surface area (Å²) in [6, 6.07) is 6.05. The van der Waals surface area contributed by atoms with E-state index in [1.54, 1.807) is 0 Å². The molecule has 0 aromatic heterocycles. The van der Waals surface area contributed by atoms with E-state index in [0.717, 1.165) is 6.42 Å². The lowest BCUT2D eigenvalue weighted by Crippen LogP contribution is -2.28. The number of rotatable bonds is 7. The van der Waals surface area contributed by atoms with Crippen LogP contribution in [0.5, 0.6) is 0 Å². The third-order valence-corrected chi connectivity index (χ3v) is 4.89. The lowest BCUT2D eigenvalue weighted by atomic mass is 10.2. The molecule has 110 valence electrons. The molecule has 0 unspecified atom stereocenters. The molecule has 1 rings (SSSR count). The molecule has 0 saturated carbocycles. The van der Waals surface area contributed by atoms with E-state index in [1.807, 2.05) is 6.07 Å². The Hall–Kier alpha value is -1.62. The van der Waals surface area contributed by atoms with Crippen LogP contribution in [0.25, 0.3) is 0 Å². The summed E-state index contributed by atoms with van der Waals surface area (Å²) >= 11 is 0. The number of anilines is 1. The number of benzene rings is 1. The van der Waals surface area contributed by atoms with Crippen LogP contribution in [-0.2, 0) is 10.0 Å². The normalized spacial score (nSPS) is 11.5. The van der Waals surface area contributed by atoms with Crippen molar-refractivity contribution in [2.24, 2.45) is 0 Å². The largest absolute Gasteiger partial charge is 0.398 e. The SMILES string of the molecule is CN(CCCCCO)S(=O)(=O)c1ccc(C#N)cc1N. The van der Waals surface area contributed by atoms with Gasteiger partial charge in [0.05, 0.1) is 17.3 Å². The van der Waals surface area contributed by atoms with Crippen molar-refractivity contribution in [2.45, 2.75) is 24.2 Å². The lowest BCUT2D eigenvalue weighted by Gasteiger charge is -2.18. The molecule has 7 heteroatoms. The van der Waals surface area contributed by atoms with Gasteiger partial charge in [-0.25, -0.2) is 12.7 Å². The smallest absolute Gasteiger partial charge is 0.244 e. The number of nitriles is 1. The van der Waals surface area contributed by atoms with Crippen molar-refractivity contribution in [1.29, 1.82) is 5.26 Å². The second-order valence-corrected chi connectivity index (χ2v) is 6.49. The predicted molar refractivity (Wildman–Crippen MR) is 76.3 cm³/mol. The number of nitrogen functional groups attached to an aromatic ring is 1. The van der Waals surface area contributed by atoms with E-state index >= 15 is 0 Å². The van der Waals surface area contributed by atoms with Crippen LogP contribution in [0.4, 0.5) is 5.69 Å². The molecule has 0 heterocycles. The maximum atomic E-state index is 12.3. The zero-order valence-corrected chi connectivity index (χ0v) is 12.2. The summed E-state index contributed by atoms with van der Waals surface area (Å²) in [4.78, 5) is 0.0150. The van der Waals surface area contributed by atoms with E-state index in [4.69, 9.17) is 16.1 Å². The molecule has 0 saturated heterocycles. The summed E-state index contributed by atoms with van der Waals surface area (Å²) in [7, 11) is -2.15. The first-order chi connectivity index (χ1) is 9.43. The number of nitrogens with zero attached hydrogens (tertiary/aromatic N) is 2. The van der Waals surface area contributed by atoms with Gasteiger partial charge >= 0.3 is 0 Å². The van der Waals surface area contributed by atoms with Crippen LogP contribution in [0.3, 0.4) is 0 Å². The zero-order valence-electron chi connectivity index (χ0n) is 11.4. The Labute approximate surface area is 119 Å². The summed E-state index contributed by atoms with van der Waals surface area (Å²) in [6.45, 7) is 0.473. The van der Waals surface area contributed by atoms with Gasteiger partial charge in [-0.1, -0.05) is 0 Å². The number of nitrogens with two attached hydrogens (primary N) is 1. The monoisotopic (exact) mass is 297 g/mol. The highest BCUT2D eigenvalue weighted by Crippen LogP contribution is 2.22. The van der Waals surface area contributed by atoms with Gasteiger partial charge in [0.15, 0.2) is 0 Å². The minimum atomic E-state index is -3.65. The Morgan fingerprint density at radius 1 is 1.35 bits per heavy atom. The number of aliphatic hydroxyl groups excluding tert-OH is 1. The molecule has 1 aromatic rings. The van der Waals surface area contributed by atoms with Crippen LogP contribution in [0.15, 0.2) is 23.1 Å². The predicted octanol–water partition coefficient (Wildman–Crippen LogP) is 0.924. The molecule has 20 heavy (non-hydrogen) atoms. The van der Waals surface area contributed by atoms with Gasteiger partial charge in [-0.05, 0) is 37.5 Å². The molecule has 0 aliphatic carbocycles. The Balaban J connectivity index is 2.85. The van der Waals surface area contributed by atoms with Crippen LogP contribution in [-0.4, -0.2) is 38.0 Å². The minimum absolute atomic E-state index is 0.0150. The second-order valence-electron chi connectivity index (χ2n) is 4.48. The Morgan fingerprint density at radius 3 is 2.60 bits per heavy atom. The van der Waals surface area contributed by atoms with Crippen LogP contribution >= 0.6 is 0 Å². The van der Waals surface area contributed by atoms with Gasteiger partial charge in [0.2, 0.25) is 10.0 Å². The van der Waals surface area contributed by atoms with Gasteiger partial charge < -0.3 is 10.8 Å². The molecule has 0 atom stereocenters. The summed E-state index contributed by atoms with van der Waals surface area (Å²) < 4.78 is 25.9. The summed E-state index contributed by atoms with van der Waals surface area (Å²) in [5.41, 5.74) is 6.11. The van der Waals surface area contributed by atoms with Crippen molar-refractivity contribution >= 4 is 15.7 Å². The van der Waals surface area contributed by atoms with Crippen molar-refractivity contribution in [3.8, 4) is 6.07 Å². The zero-order chi connectivity index (χ0) is 15.2. The topological polar surface area (TPSA) is 107 Å². The number of hydrogen-bond acceptors (Lipinski definition) is 5. The number of sulfonamides is 1. The number of hydrogen-bond donors (Lipinski definition) is 2. The third-order valence-electron chi connectivity index (χ3n) is 2.96. The molecule has 0 aliphatic rings. The molecule has 0 spiro atoms. The van der Waals surface area contributed by atoms with Crippen molar-refractivity contribution < 1.29 is 13.5 Å². The van der Waals surface area contributed by atoms with Crippen LogP contribution in [0.1, 0.15) is 24.8 Å². The quantitative estimate of drug-likeness (QED) is 0.575. The molecule has 0 bridgehead atoms. The van der Waals surface area contributed by atoms with Crippen molar-refractivity contribution in [1.82, 2.24) is 4.31 Å². The highest BCUT2D eigenvalue weighted by atomic mass is 32.2. The van der Waals surface area contributed by atoms with Crippen molar-refractivity contribution in [3.63, 3.8) is 0 Å². The molecule has 0 amide bonds. The van der Waals surface area contributed by atoms with E-state index in [2.05, 4.69) is 0 Å². The highest BCUT2D eigenvalue weighted by Gasteiger charge is 2.22. The third kappa shape index (κ3) is 3.93. The van der Waals surface area contributed by atoms with Gasteiger partial charge in [0.1, 0.15) is 4.90 Å². The number of unbranched alkanes of at least 4 members (excludes halogenated alkanes) is 2. The average molecular weight is 297 g/mol. The molecule has 0 radical (unpaired) electrons. The standard InChI is InChI=1S/C13H19N3O3S/c1-16(7-3-2-4-8-17)20(18,19)13-6-5-11(10-14)9-12(13)15/h5-6,9,17H,2-4,7-8,15H2,1H3. The molecule has 3 N–H and O–H groups in total. The van der Waals surface area contributed by atoms with E-state index in [1.165, 1.54) is 29.6 Å². The first-order valence-corrected chi connectivity index (χ1v) is 7.74. The molecule has 6 nitrogen and oxygen atoms in total. The molecular weight excluding hydrogens is 278 g/mol.